The fraction of sp³-hybridized carbons (Fsp3) is 0.417. The first-order valence-corrected chi connectivity index (χ1v) is 11.1. The van der Waals surface area contributed by atoms with Gasteiger partial charge in [-0.25, -0.2) is 0 Å². The minimum Gasteiger partial charge on any atom is -0.494 e. The van der Waals surface area contributed by atoms with Gasteiger partial charge in [0.25, 0.3) is 5.91 Å². The quantitative estimate of drug-likeness (QED) is 0.565. The standard InChI is InChI=1S/C24H29ClN2O4/c1-2-18-4-8-22(9-5-18)31-17-23(28)26-20-12-14-27(24(29)16-20)13-3-15-30-21-10-6-19(25)7-11-21/h4-11,20H,2-3,12-17H2,1H3,(H,26,28). The molecule has 0 aliphatic carbocycles. The number of aryl methyl sites for hydroxylation is 1. The lowest BCUT2D eigenvalue weighted by Crippen LogP contribution is -2.48. The van der Waals surface area contributed by atoms with Gasteiger partial charge in [0.05, 0.1) is 6.61 Å². The van der Waals surface area contributed by atoms with Gasteiger partial charge in [0.15, 0.2) is 6.61 Å². The largest absolute Gasteiger partial charge is 0.494 e. The Morgan fingerprint density at radius 1 is 1.10 bits per heavy atom. The number of piperidine rings is 1. The van der Waals surface area contributed by atoms with E-state index < -0.39 is 0 Å². The zero-order chi connectivity index (χ0) is 22.1. The molecule has 7 heteroatoms. The molecule has 0 bridgehead atoms. The molecule has 1 unspecified atom stereocenters. The monoisotopic (exact) mass is 444 g/mol. The van der Waals surface area contributed by atoms with Crippen LogP contribution in [-0.2, 0) is 16.0 Å². The summed E-state index contributed by atoms with van der Waals surface area (Å²) in [6.07, 6.45) is 2.76. The summed E-state index contributed by atoms with van der Waals surface area (Å²) in [5.74, 6) is 1.28. The lowest BCUT2D eigenvalue weighted by atomic mass is 10.0. The number of carbonyl (C=O) groups excluding carboxylic acids is 2. The van der Waals surface area contributed by atoms with Crippen molar-refractivity contribution in [3.05, 3.63) is 59.1 Å². The van der Waals surface area contributed by atoms with Crippen molar-refractivity contribution in [2.75, 3.05) is 26.3 Å². The molecule has 3 rings (SSSR count). The van der Waals surface area contributed by atoms with E-state index in [4.69, 9.17) is 21.1 Å². The van der Waals surface area contributed by atoms with Gasteiger partial charge in [0.1, 0.15) is 11.5 Å². The van der Waals surface area contributed by atoms with Crippen LogP contribution in [0.5, 0.6) is 11.5 Å². The highest BCUT2D eigenvalue weighted by Gasteiger charge is 2.26. The number of nitrogens with one attached hydrogen (secondary N) is 1. The van der Waals surface area contributed by atoms with Crippen LogP contribution in [0, 0.1) is 0 Å². The summed E-state index contributed by atoms with van der Waals surface area (Å²) in [6.45, 7) is 3.84. The van der Waals surface area contributed by atoms with Crippen molar-refractivity contribution in [1.29, 1.82) is 0 Å². The number of halogens is 1. The smallest absolute Gasteiger partial charge is 0.258 e. The summed E-state index contributed by atoms with van der Waals surface area (Å²) in [6, 6.07) is 14.8. The molecule has 6 nitrogen and oxygen atoms in total. The van der Waals surface area contributed by atoms with Crippen molar-refractivity contribution in [3.8, 4) is 11.5 Å². The fourth-order valence-corrected chi connectivity index (χ4v) is 3.58. The SMILES string of the molecule is CCc1ccc(OCC(=O)NC2CCN(CCCOc3ccc(Cl)cc3)C(=O)C2)cc1. The van der Waals surface area contributed by atoms with Crippen LogP contribution < -0.4 is 14.8 Å². The van der Waals surface area contributed by atoms with Crippen molar-refractivity contribution < 1.29 is 19.1 Å². The topological polar surface area (TPSA) is 67.9 Å². The highest BCUT2D eigenvalue weighted by molar-refractivity contribution is 6.30. The van der Waals surface area contributed by atoms with Crippen molar-refractivity contribution >= 4 is 23.4 Å². The van der Waals surface area contributed by atoms with Crippen molar-refractivity contribution in [2.24, 2.45) is 0 Å². The first kappa shape index (κ1) is 22.9. The molecule has 0 aromatic heterocycles. The summed E-state index contributed by atoms with van der Waals surface area (Å²) >= 11 is 5.86. The highest BCUT2D eigenvalue weighted by atomic mass is 35.5. The molecule has 0 saturated carbocycles. The Morgan fingerprint density at radius 2 is 1.77 bits per heavy atom. The van der Waals surface area contributed by atoms with Crippen LogP contribution >= 0.6 is 11.6 Å². The first-order chi connectivity index (χ1) is 15.0. The summed E-state index contributed by atoms with van der Waals surface area (Å²) in [5.41, 5.74) is 1.22. The molecular weight excluding hydrogens is 416 g/mol. The predicted molar refractivity (Wildman–Crippen MR) is 121 cm³/mol. The van der Waals surface area contributed by atoms with Gasteiger partial charge in [-0.15, -0.1) is 0 Å². The number of likely N-dealkylation sites (tertiary alicyclic amines) is 1. The van der Waals surface area contributed by atoms with E-state index >= 15 is 0 Å². The predicted octanol–water partition coefficient (Wildman–Crippen LogP) is 3.86. The molecule has 1 atom stereocenters. The Morgan fingerprint density at radius 3 is 2.45 bits per heavy atom. The molecule has 1 aliphatic heterocycles. The minimum atomic E-state index is -0.206. The van der Waals surface area contributed by atoms with Gasteiger partial charge in [-0.1, -0.05) is 30.7 Å². The number of amides is 2. The maximum atomic E-state index is 12.4. The molecule has 31 heavy (non-hydrogen) atoms. The molecule has 1 aliphatic rings. The van der Waals surface area contributed by atoms with Gasteiger partial charge in [0.2, 0.25) is 5.91 Å². The molecule has 2 amide bonds. The zero-order valence-electron chi connectivity index (χ0n) is 17.8. The van der Waals surface area contributed by atoms with E-state index in [2.05, 4.69) is 12.2 Å². The molecule has 2 aromatic carbocycles. The third-order valence-corrected chi connectivity index (χ3v) is 5.49. The van der Waals surface area contributed by atoms with Crippen molar-refractivity contribution in [1.82, 2.24) is 10.2 Å². The molecule has 1 heterocycles. The minimum absolute atomic E-state index is 0.0537. The third-order valence-electron chi connectivity index (χ3n) is 5.24. The Labute approximate surface area is 188 Å². The van der Waals surface area contributed by atoms with Crippen molar-refractivity contribution in [3.63, 3.8) is 0 Å². The Bertz CT molecular complexity index is 855. The second kappa shape index (κ2) is 11.6. The summed E-state index contributed by atoms with van der Waals surface area (Å²) in [5, 5.41) is 3.58. The van der Waals surface area contributed by atoms with Crippen LogP contribution in [0.15, 0.2) is 48.5 Å². The average Bonchev–Trinajstić information content (AvgIpc) is 2.78. The van der Waals surface area contributed by atoms with Gasteiger partial charge >= 0.3 is 0 Å². The van der Waals surface area contributed by atoms with Crippen LogP contribution in [0.1, 0.15) is 31.7 Å². The molecule has 1 fully saturated rings. The van der Waals surface area contributed by atoms with Gasteiger partial charge in [-0.05, 0) is 61.2 Å². The second-order valence-corrected chi connectivity index (χ2v) is 8.02. The average molecular weight is 445 g/mol. The second-order valence-electron chi connectivity index (χ2n) is 7.58. The summed E-state index contributed by atoms with van der Waals surface area (Å²) in [4.78, 5) is 26.4. The van der Waals surface area contributed by atoms with E-state index in [0.29, 0.717) is 36.9 Å². The fourth-order valence-electron chi connectivity index (χ4n) is 3.45. The third kappa shape index (κ3) is 7.47. The number of ether oxygens (including phenoxy) is 2. The van der Waals surface area contributed by atoms with Gasteiger partial charge in [0, 0.05) is 30.6 Å². The van der Waals surface area contributed by atoms with E-state index in [1.165, 1.54) is 5.56 Å². The lowest BCUT2D eigenvalue weighted by molar-refractivity contribution is -0.135. The van der Waals surface area contributed by atoms with E-state index in [1.807, 2.05) is 41.3 Å². The van der Waals surface area contributed by atoms with Crippen LogP contribution in [-0.4, -0.2) is 49.1 Å². The first-order valence-electron chi connectivity index (χ1n) is 10.7. The zero-order valence-corrected chi connectivity index (χ0v) is 18.6. The number of benzene rings is 2. The highest BCUT2D eigenvalue weighted by Crippen LogP contribution is 2.17. The van der Waals surface area contributed by atoms with Crippen LogP contribution in [0.2, 0.25) is 5.02 Å². The summed E-state index contributed by atoms with van der Waals surface area (Å²) in [7, 11) is 0. The normalized spacial score (nSPS) is 16.1. The number of carbonyl (C=O) groups is 2. The molecular formula is C24H29ClN2O4. The van der Waals surface area contributed by atoms with E-state index in [9.17, 15) is 9.59 Å². The molecule has 2 aromatic rings. The number of rotatable bonds is 10. The van der Waals surface area contributed by atoms with Gasteiger partial charge < -0.3 is 19.7 Å². The summed E-state index contributed by atoms with van der Waals surface area (Å²) < 4.78 is 11.2. The lowest BCUT2D eigenvalue weighted by Gasteiger charge is -2.32. The van der Waals surface area contributed by atoms with E-state index in [-0.39, 0.29) is 24.5 Å². The van der Waals surface area contributed by atoms with Gasteiger partial charge in [-0.2, -0.15) is 0 Å². The van der Waals surface area contributed by atoms with Crippen LogP contribution in [0.3, 0.4) is 0 Å². The Balaban J connectivity index is 1.32. The molecule has 1 N–H and O–H groups in total. The van der Waals surface area contributed by atoms with Crippen LogP contribution in [0.4, 0.5) is 0 Å². The Kier molecular flexibility index (Phi) is 8.59. The molecule has 166 valence electrons. The molecule has 0 spiro atoms. The maximum Gasteiger partial charge on any atom is 0.258 e. The molecule has 0 radical (unpaired) electrons. The number of nitrogens with zero attached hydrogens (tertiary/aromatic N) is 1. The van der Waals surface area contributed by atoms with E-state index in [0.717, 1.165) is 25.0 Å². The van der Waals surface area contributed by atoms with Gasteiger partial charge in [-0.3, -0.25) is 9.59 Å². The van der Waals surface area contributed by atoms with Crippen LogP contribution in [0.25, 0.3) is 0 Å². The van der Waals surface area contributed by atoms with E-state index in [1.54, 1.807) is 12.1 Å². The number of hydrogen-bond donors (Lipinski definition) is 1. The van der Waals surface area contributed by atoms with Crippen molar-refractivity contribution in [2.45, 2.75) is 38.6 Å². The molecule has 1 saturated heterocycles. The maximum absolute atomic E-state index is 12.4. The number of hydrogen-bond acceptors (Lipinski definition) is 4. The Hall–Kier alpha value is -2.73.